The number of hydrogen-bond donors (Lipinski definition) is 1. The van der Waals surface area contributed by atoms with Crippen molar-refractivity contribution in [3.05, 3.63) is 33.7 Å². The third kappa shape index (κ3) is 3.40. The third-order valence-electron chi connectivity index (χ3n) is 3.02. The van der Waals surface area contributed by atoms with Crippen LogP contribution >= 0.6 is 15.9 Å². The highest BCUT2D eigenvalue weighted by Gasteiger charge is 2.17. The van der Waals surface area contributed by atoms with E-state index in [9.17, 15) is 4.39 Å². The van der Waals surface area contributed by atoms with Crippen molar-refractivity contribution in [2.24, 2.45) is 5.92 Å². The zero-order chi connectivity index (χ0) is 14.7. The van der Waals surface area contributed by atoms with Crippen molar-refractivity contribution >= 4 is 26.9 Å². The monoisotopic (exact) mass is 343 g/mol. The molecule has 5 heteroatoms. The second-order valence-electron chi connectivity index (χ2n) is 5.23. The Labute approximate surface area is 126 Å². The fraction of sp³-hybridized carbons (Fsp3) is 0.467. The number of rotatable bonds is 6. The molecule has 0 aliphatic carbocycles. The number of furan rings is 1. The maximum absolute atomic E-state index is 13.9. The van der Waals surface area contributed by atoms with Gasteiger partial charge < -0.3 is 14.5 Å². The molecule has 1 heterocycles. The molecule has 0 aliphatic heterocycles. The molecule has 0 amide bonds. The normalized spacial score (nSPS) is 11.7. The van der Waals surface area contributed by atoms with Gasteiger partial charge in [-0.25, -0.2) is 4.39 Å². The molecule has 0 atom stereocenters. The summed E-state index contributed by atoms with van der Waals surface area (Å²) in [6.45, 7) is 6.14. The van der Waals surface area contributed by atoms with Crippen LogP contribution in [0.1, 0.15) is 25.2 Å². The molecule has 0 aliphatic rings. The molecule has 1 aromatic heterocycles. The van der Waals surface area contributed by atoms with E-state index >= 15 is 0 Å². The van der Waals surface area contributed by atoms with Gasteiger partial charge in [0, 0.05) is 22.5 Å². The van der Waals surface area contributed by atoms with Crippen LogP contribution in [0.3, 0.4) is 0 Å². The Kier molecular flexibility index (Phi) is 5.18. The quantitative estimate of drug-likeness (QED) is 0.852. The molecule has 0 saturated carbocycles. The van der Waals surface area contributed by atoms with Crippen molar-refractivity contribution in [3.63, 3.8) is 0 Å². The zero-order valence-electron chi connectivity index (χ0n) is 11.9. The van der Waals surface area contributed by atoms with Gasteiger partial charge in [-0.2, -0.15) is 0 Å². The highest BCUT2D eigenvalue weighted by atomic mass is 79.9. The van der Waals surface area contributed by atoms with E-state index in [-0.39, 0.29) is 5.82 Å². The van der Waals surface area contributed by atoms with Crippen LogP contribution < -0.4 is 5.32 Å². The molecule has 0 fully saturated rings. The minimum Gasteiger partial charge on any atom is -0.456 e. The Morgan fingerprint density at radius 2 is 2.15 bits per heavy atom. The van der Waals surface area contributed by atoms with Crippen molar-refractivity contribution in [3.8, 4) is 0 Å². The van der Waals surface area contributed by atoms with Gasteiger partial charge >= 0.3 is 0 Å². The van der Waals surface area contributed by atoms with E-state index in [1.807, 2.05) is 6.07 Å². The summed E-state index contributed by atoms with van der Waals surface area (Å²) in [6.07, 6.45) is 0. The number of methoxy groups -OCH3 is 1. The summed E-state index contributed by atoms with van der Waals surface area (Å²) in [4.78, 5) is 0. The topological polar surface area (TPSA) is 34.4 Å². The van der Waals surface area contributed by atoms with Crippen molar-refractivity contribution in [2.45, 2.75) is 27.0 Å². The van der Waals surface area contributed by atoms with Crippen LogP contribution in [0.2, 0.25) is 0 Å². The lowest BCUT2D eigenvalue weighted by Gasteiger charge is -2.07. The molecular formula is C15H19BrFNO2. The van der Waals surface area contributed by atoms with Gasteiger partial charge in [-0.15, -0.1) is 0 Å². The first-order valence-corrected chi connectivity index (χ1v) is 7.41. The minimum absolute atomic E-state index is 0.293. The Balaban J connectivity index is 2.37. The molecule has 0 unspecified atom stereocenters. The van der Waals surface area contributed by atoms with Crippen LogP contribution in [-0.2, 0) is 17.9 Å². The van der Waals surface area contributed by atoms with E-state index in [4.69, 9.17) is 9.15 Å². The van der Waals surface area contributed by atoms with Crippen molar-refractivity contribution in [1.29, 1.82) is 0 Å². The molecule has 1 aromatic carbocycles. The van der Waals surface area contributed by atoms with Gasteiger partial charge in [0.1, 0.15) is 5.76 Å². The molecule has 3 nitrogen and oxygen atoms in total. The number of hydrogen-bond acceptors (Lipinski definition) is 3. The fourth-order valence-corrected chi connectivity index (χ4v) is 2.57. The number of fused-ring (bicyclic) bond motifs is 1. The summed E-state index contributed by atoms with van der Waals surface area (Å²) >= 11 is 3.31. The molecule has 0 saturated heterocycles. The third-order valence-corrected chi connectivity index (χ3v) is 3.48. The second-order valence-corrected chi connectivity index (χ2v) is 6.14. The average Bonchev–Trinajstić information content (AvgIpc) is 2.69. The van der Waals surface area contributed by atoms with E-state index in [1.54, 1.807) is 7.11 Å². The maximum atomic E-state index is 13.9. The Morgan fingerprint density at radius 3 is 2.80 bits per heavy atom. The van der Waals surface area contributed by atoms with Crippen LogP contribution in [0.15, 0.2) is 21.0 Å². The average molecular weight is 344 g/mol. The largest absolute Gasteiger partial charge is 0.456 e. The Hall–Kier alpha value is -0.910. The van der Waals surface area contributed by atoms with Crippen molar-refractivity contribution < 1.29 is 13.5 Å². The predicted molar refractivity (Wildman–Crippen MR) is 81.1 cm³/mol. The molecular weight excluding hydrogens is 325 g/mol. The SMILES string of the molecule is COCc1c(CNCC(C)C)oc2c(F)cc(Br)cc12. The molecule has 0 spiro atoms. The summed E-state index contributed by atoms with van der Waals surface area (Å²) in [6, 6.07) is 3.27. The number of benzene rings is 1. The maximum Gasteiger partial charge on any atom is 0.170 e. The predicted octanol–water partition coefficient (Wildman–Crippen LogP) is 4.23. The first-order valence-electron chi connectivity index (χ1n) is 6.61. The van der Waals surface area contributed by atoms with Crippen LogP contribution in [0.5, 0.6) is 0 Å². The smallest absolute Gasteiger partial charge is 0.170 e. The molecule has 1 N–H and O–H groups in total. The van der Waals surface area contributed by atoms with Crippen LogP contribution in [0, 0.1) is 11.7 Å². The standard InChI is InChI=1S/C15H19BrFNO2/c1-9(2)6-18-7-14-12(8-19-3)11-4-10(16)5-13(17)15(11)20-14/h4-5,9,18H,6-8H2,1-3H3. The van der Waals surface area contributed by atoms with E-state index in [0.29, 0.717) is 29.1 Å². The second kappa shape index (κ2) is 6.70. The minimum atomic E-state index is -0.359. The van der Waals surface area contributed by atoms with Gasteiger partial charge in [0.2, 0.25) is 0 Å². The molecule has 2 aromatic rings. The molecule has 0 radical (unpaired) electrons. The van der Waals surface area contributed by atoms with E-state index in [1.165, 1.54) is 6.07 Å². The molecule has 2 rings (SSSR count). The van der Waals surface area contributed by atoms with Crippen molar-refractivity contribution in [2.75, 3.05) is 13.7 Å². The lowest BCUT2D eigenvalue weighted by molar-refractivity contribution is 0.183. The van der Waals surface area contributed by atoms with Crippen LogP contribution in [-0.4, -0.2) is 13.7 Å². The zero-order valence-corrected chi connectivity index (χ0v) is 13.5. The van der Waals surface area contributed by atoms with Crippen molar-refractivity contribution in [1.82, 2.24) is 5.32 Å². The van der Waals surface area contributed by atoms with Gasteiger partial charge in [0.15, 0.2) is 11.4 Å². The molecule has 110 valence electrons. The Morgan fingerprint density at radius 1 is 1.40 bits per heavy atom. The first-order chi connectivity index (χ1) is 9.52. The number of ether oxygens (including phenoxy) is 1. The fourth-order valence-electron chi connectivity index (χ4n) is 2.14. The molecule has 0 bridgehead atoms. The lowest BCUT2D eigenvalue weighted by atomic mass is 10.1. The van der Waals surface area contributed by atoms with Crippen LogP contribution in [0.4, 0.5) is 4.39 Å². The summed E-state index contributed by atoms with van der Waals surface area (Å²) in [5.74, 6) is 0.928. The van der Waals surface area contributed by atoms with E-state index in [2.05, 4.69) is 35.1 Å². The number of nitrogens with one attached hydrogen (secondary N) is 1. The lowest BCUT2D eigenvalue weighted by Crippen LogP contribution is -2.19. The van der Waals surface area contributed by atoms with Gasteiger partial charge in [0.05, 0.1) is 13.2 Å². The summed E-state index contributed by atoms with van der Waals surface area (Å²) in [5.41, 5.74) is 1.19. The van der Waals surface area contributed by atoms with E-state index < -0.39 is 0 Å². The summed E-state index contributed by atoms with van der Waals surface area (Å²) < 4.78 is 25.5. The van der Waals surface area contributed by atoms with Crippen LogP contribution in [0.25, 0.3) is 11.0 Å². The highest BCUT2D eigenvalue weighted by molar-refractivity contribution is 9.10. The van der Waals surface area contributed by atoms with Gasteiger partial charge in [0.25, 0.3) is 0 Å². The van der Waals surface area contributed by atoms with Gasteiger partial charge in [-0.05, 0) is 24.6 Å². The van der Waals surface area contributed by atoms with Gasteiger partial charge in [-0.3, -0.25) is 0 Å². The Bertz CT molecular complexity index is 595. The highest BCUT2D eigenvalue weighted by Crippen LogP contribution is 2.31. The first kappa shape index (κ1) is 15.5. The summed E-state index contributed by atoms with van der Waals surface area (Å²) in [7, 11) is 1.62. The van der Waals surface area contributed by atoms with E-state index in [0.717, 1.165) is 23.3 Å². The number of halogens is 2. The van der Waals surface area contributed by atoms with Gasteiger partial charge in [-0.1, -0.05) is 29.8 Å². The molecule has 20 heavy (non-hydrogen) atoms. The summed E-state index contributed by atoms with van der Waals surface area (Å²) in [5, 5.41) is 4.08.